The van der Waals surface area contributed by atoms with Gasteiger partial charge < -0.3 is 10.2 Å². The summed E-state index contributed by atoms with van der Waals surface area (Å²) in [5.74, 6) is 0.201. The van der Waals surface area contributed by atoms with Gasteiger partial charge in [0.25, 0.3) is 5.91 Å². The Hall–Kier alpha value is -2.92. The lowest BCUT2D eigenvalue weighted by Crippen LogP contribution is -2.26. The summed E-state index contributed by atoms with van der Waals surface area (Å²) in [7, 11) is 1.72. The Bertz CT molecular complexity index is 837. The summed E-state index contributed by atoms with van der Waals surface area (Å²) < 4.78 is 0. The smallest absolute Gasteiger partial charge is 0.261 e. The molecule has 0 fully saturated rings. The minimum atomic E-state index is -0.175. The highest BCUT2D eigenvalue weighted by Crippen LogP contribution is 2.23. The molecular weight excluding hydrogens is 324 g/mol. The largest absolute Gasteiger partial charge is 0.323 e. The minimum absolute atomic E-state index is 0.175. The van der Waals surface area contributed by atoms with Gasteiger partial charge in [-0.05, 0) is 24.3 Å². The Morgan fingerprint density at radius 3 is 2.29 bits per heavy atom. The number of benzene rings is 2. The second kappa shape index (κ2) is 7.10. The van der Waals surface area contributed by atoms with Crippen molar-refractivity contribution in [1.82, 2.24) is 9.97 Å². The van der Waals surface area contributed by atoms with Crippen molar-refractivity contribution in [2.24, 2.45) is 0 Å². The average molecular weight is 339 g/mol. The number of rotatable bonds is 4. The lowest BCUT2D eigenvalue weighted by Gasteiger charge is -2.17. The fourth-order valence-electron chi connectivity index (χ4n) is 2.15. The van der Waals surface area contributed by atoms with Crippen molar-refractivity contribution in [3.05, 3.63) is 77.6 Å². The number of amides is 1. The van der Waals surface area contributed by atoms with Gasteiger partial charge in [-0.1, -0.05) is 41.9 Å². The number of hydrogen-bond acceptors (Lipinski definition) is 4. The summed E-state index contributed by atoms with van der Waals surface area (Å²) in [6.07, 6.45) is 2.99. The second-order valence-corrected chi connectivity index (χ2v) is 5.51. The van der Waals surface area contributed by atoms with Gasteiger partial charge in [0.15, 0.2) is 0 Å². The van der Waals surface area contributed by atoms with E-state index in [9.17, 15) is 4.79 Å². The fourth-order valence-corrected chi connectivity index (χ4v) is 2.33. The second-order valence-electron chi connectivity index (χ2n) is 5.10. The molecular formula is C18H15ClN4O. The van der Waals surface area contributed by atoms with E-state index >= 15 is 0 Å². The van der Waals surface area contributed by atoms with Crippen LogP contribution >= 0.6 is 11.6 Å². The van der Waals surface area contributed by atoms with Gasteiger partial charge in [0.1, 0.15) is 0 Å². The molecule has 3 aromatic rings. The van der Waals surface area contributed by atoms with Crippen molar-refractivity contribution in [2.45, 2.75) is 0 Å². The molecule has 1 N–H and O–H groups in total. The molecule has 1 heterocycles. The molecule has 0 aliphatic carbocycles. The molecule has 1 aromatic heterocycles. The first kappa shape index (κ1) is 16.0. The minimum Gasteiger partial charge on any atom is -0.323 e. The van der Waals surface area contributed by atoms with E-state index in [2.05, 4.69) is 15.3 Å². The van der Waals surface area contributed by atoms with Crippen molar-refractivity contribution in [1.29, 1.82) is 0 Å². The first-order valence-electron chi connectivity index (χ1n) is 7.32. The van der Waals surface area contributed by atoms with Gasteiger partial charge in [-0.2, -0.15) is 0 Å². The molecule has 1 amide bonds. The van der Waals surface area contributed by atoms with Gasteiger partial charge in [-0.3, -0.25) is 4.79 Å². The third-order valence-corrected chi connectivity index (χ3v) is 3.80. The predicted octanol–water partition coefficient (Wildman–Crippen LogP) is 4.15. The maximum Gasteiger partial charge on any atom is 0.261 e. The number of nitrogens with one attached hydrogen (secondary N) is 1. The number of aromatic nitrogens is 2. The van der Waals surface area contributed by atoms with Crippen LogP contribution in [0.15, 0.2) is 67.0 Å². The number of para-hydroxylation sites is 2. The highest BCUT2D eigenvalue weighted by Gasteiger charge is 2.14. The summed E-state index contributed by atoms with van der Waals surface area (Å²) in [4.78, 5) is 22.4. The van der Waals surface area contributed by atoms with Crippen LogP contribution in [0.5, 0.6) is 0 Å². The molecule has 0 saturated carbocycles. The predicted molar refractivity (Wildman–Crippen MR) is 95.9 cm³/mol. The van der Waals surface area contributed by atoms with Gasteiger partial charge in [0, 0.05) is 25.1 Å². The van der Waals surface area contributed by atoms with E-state index in [0.29, 0.717) is 22.2 Å². The van der Waals surface area contributed by atoms with E-state index in [1.165, 1.54) is 12.4 Å². The van der Waals surface area contributed by atoms with Gasteiger partial charge in [-0.15, -0.1) is 0 Å². The van der Waals surface area contributed by atoms with Crippen molar-refractivity contribution >= 4 is 34.8 Å². The topological polar surface area (TPSA) is 58.1 Å². The van der Waals surface area contributed by atoms with Gasteiger partial charge in [0.05, 0.1) is 16.3 Å². The molecule has 2 aromatic carbocycles. The van der Waals surface area contributed by atoms with Crippen LogP contribution in [0, 0.1) is 0 Å². The number of carbonyl (C=O) groups is 1. The monoisotopic (exact) mass is 338 g/mol. The van der Waals surface area contributed by atoms with Crippen molar-refractivity contribution < 1.29 is 4.79 Å². The third kappa shape index (κ3) is 3.52. The first-order chi connectivity index (χ1) is 11.6. The number of anilines is 3. The quantitative estimate of drug-likeness (QED) is 0.776. The molecule has 6 heteroatoms. The van der Waals surface area contributed by atoms with Crippen LogP contribution in [0.4, 0.5) is 17.3 Å². The van der Waals surface area contributed by atoms with E-state index in [1.807, 2.05) is 48.5 Å². The zero-order valence-electron chi connectivity index (χ0n) is 13.0. The summed E-state index contributed by atoms with van der Waals surface area (Å²) in [6, 6.07) is 16.7. The Kier molecular flexibility index (Phi) is 4.72. The molecule has 0 atom stereocenters. The van der Waals surface area contributed by atoms with Gasteiger partial charge in [-0.25, -0.2) is 9.97 Å². The van der Waals surface area contributed by atoms with Gasteiger partial charge in [0.2, 0.25) is 5.95 Å². The molecule has 0 aliphatic rings. The van der Waals surface area contributed by atoms with Crippen molar-refractivity contribution in [2.75, 3.05) is 17.3 Å². The van der Waals surface area contributed by atoms with Crippen LogP contribution in [0.1, 0.15) is 10.4 Å². The number of halogens is 1. The fraction of sp³-hybridized carbons (Fsp3) is 0.0556. The molecule has 0 spiro atoms. The summed E-state index contributed by atoms with van der Waals surface area (Å²) in [5.41, 5.74) is 1.92. The molecule has 24 heavy (non-hydrogen) atoms. The molecule has 0 aliphatic heterocycles. The summed E-state index contributed by atoms with van der Waals surface area (Å²) in [5, 5.41) is 3.59. The number of nitrogens with zero attached hydrogens (tertiary/aromatic N) is 3. The zero-order chi connectivity index (χ0) is 16.9. The Balaban J connectivity index is 1.75. The molecule has 5 nitrogen and oxygen atoms in total. The van der Waals surface area contributed by atoms with Crippen LogP contribution in [-0.2, 0) is 0 Å². The Morgan fingerprint density at radius 2 is 1.62 bits per heavy atom. The average Bonchev–Trinajstić information content (AvgIpc) is 2.64. The maximum absolute atomic E-state index is 12.5. The number of hydrogen-bond donors (Lipinski definition) is 1. The third-order valence-electron chi connectivity index (χ3n) is 3.47. The lowest BCUT2D eigenvalue weighted by atomic mass is 10.2. The van der Waals surface area contributed by atoms with Crippen LogP contribution in [-0.4, -0.2) is 22.9 Å². The van der Waals surface area contributed by atoms with E-state index < -0.39 is 0 Å². The SMILES string of the molecule is CN(C(=O)c1cnc(Nc2ccccc2Cl)nc1)c1ccccc1. The van der Waals surface area contributed by atoms with Crippen LogP contribution in [0.3, 0.4) is 0 Å². The first-order valence-corrected chi connectivity index (χ1v) is 7.69. The molecule has 3 rings (SSSR count). The standard InChI is InChI=1S/C18H15ClN4O/c1-23(14-7-3-2-4-8-14)17(24)13-11-20-18(21-12-13)22-16-10-6-5-9-15(16)19/h2-12H,1H3,(H,20,21,22). The summed E-state index contributed by atoms with van der Waals surface area (Å²) >= 11 is 6.09. The van der Waals surface area contributed by atoms with Crippen LogP contribution in [0.2, 0.25) is 5.02 Å². The Labute approximate surface area is 144 Å². The zero-order valence-corrected chi connectivity index (χ0v) is 13.7. The molecule has 0 unspecified atom stereocenters. The molecule has 0 radical (unpaired) electrons. The number of carbonyl (C=O) groups excluding carboxylic acids is 1. The van der Waals surface area contributed by atoms with Crippen molar-refractivity contribution in [3.8, 4) is 0 Å². The van der Waals surface area contributed by atoms with E-state index in [1.54, 1.807) is 18.0 Å². The molecule has 120 valence electrons. The lowest BCUT2D eigenvalue weighted by molar-refractivity contribution is 0.0992. The van der Waals surface area contributed by atoms with E-state index in [4.69, 9.17) is 11.6 Å². The van der Waals surface area contributed by atoms with Crippen LogP contribution in [0.25, 0.3) is 0 Å². The highest BCUT2D eigenvalue weighted by molar-refractivity contribution is 6.33. The molecule has 0 bridgehead atoms. The normalized spacial score (nSPS) is 10.2. The van der Waals surface area contributed by atoms with Crippen LogP contribution < -0.4 is 10.2 Å². The Morgan fingerprint density at radius 1 is 1.00 bits per heavy atom. The van der Waals surface area contributed by atoms with E-state index in [-0.39, 0.29) is 5.91 Å². The van der Waals surface area contributed by atoms with Gasteiger partial charge >= 0.3 is 0 Å². The summed E-state index contributed by atoms with van der Waals surface area (Å²) in [6.45, 7) is 0. The molecule has 0 saturated heterocycles. The van der Waals surface area contributed by atoms with E-state index in [0.717, 1.165) is 5.69 Å². The van der Waals surface area contributed by atoms with Crippen molar-refractivity contribution in [3.63, 3.8) is 0 Å². The maximum atomic E-state index is 12.5. The highest BCUT2D eigenvalue weighted by atomic mass is 35.5.